The predicted molar refractivity (Wildman–Crippen MR) is 211 cm³/mol. The van der Waals surface area contributed by atoms with Gasteiger partial charge in [-0.25, -0.2) is 0 Å². The summed E-state index contributed by atoms with van der Waals surface area (Å²) in [6.45, 7) is 2.74. The molecular weight excluding hydrogens is 689 g/mol. The fourth-order valence-corrected chi connectivity index (χ4v) is 10.1. The van der Waals surface area contributed by atoms with Gasteiger partial charge in [-0.3, -0.25) is 14.8 Å². The van der Waals surface area contributed by atoms with Crippen LogP contribution in [0.3, 0.4) is 0 Å². The molecule has 7 unspecified atom stereocenters. The number of ether oxygens (including phenoxy) is 2. The number of ketones is 1. The number of nitrogens with two attached hydrogens (primary N) is 1. The maximum Gasteiger partial charge on any atom is 0.187 e. The van der Waals surface area contributed by atoms with Gasteiger partial charge in [-0.05, 0) is 84.0 Å². The highest BCUT2D eigenvalue weighted by Crippen LogP contribution is 2.53. The smallest absolute Gasteiger partial charge is 0.187 e. The number of allylic oxidation sites excluding steroid dienone is 1. The van der Waals surface area contributed by atoms with E-state index in [4.69, 9.17) is 20.2 Å². The van der Waals surface area contributed by atoms with Crippen LogP contribution in [-0.4, -0.2) is 52.2 Å². The number of rotatable bonds is 9. The molecule has 7 atom stereocenters. The van der Waals surface area contributed by atoms with Gasteiger partial charge in [0.2, 0.25) is 0 Å². The quantitative estimate of drug-likeness (QED) is 0.186. The van der Waals surface area contributed by atoms with Crippen molar-refractivity contribution in [2.45, 2.75) is 127 Å². The van der Waals surface area contributed by atoms with E-state index in [2.05, 4.69) is 46.9 Å². The summed E-state index contributed by atoms with van der Waals surface area (Å²) in [4.78, 5) is 24.7. The second-order valence-electron chi connectivity index (χ2n) is 16.5. The summed E-state index contributed by atoms with van der Waals surface area (Å²) >= 11 is 0. The number of benzene rings is 2. The summed E-state index contributed by atoms with van der Waals surface area (Å²) in [5.74, 6) is 11.4. The van der Waals surface area contributed by atoms with E-state index >= 15 is 0 Å². The molecule has 1 spiro atoms. The number of aryl methyl sites for hydroxylation is 1. The Morgan fingerprint density at radius 1 is 1.09 bits per heavy atom. The number of carbonyl (C=O) groups is 1. The average molecular weight is 739 g/mol. The number of hydrogen-bond donors (Lipinski definition) is 3. The van der Waals surface area contributed by atoms with E-state index in [1.54, 1.807) is 0 Å². The third-order valence-electron chi connectivity index (χ3n) is 13.0. The molecule has 1 fully saturated rings. The summed E-state index contributed by atoms with van der Waals surface area (Å²) in [6, 6.07) is 9.85. The van der Waals surface area contributed by atoms with Crippen LogP contribution in [0.2, 0.25) is 0 Å². The van der Waals surface area contributed by atoms with Crippen molar-refractivity contribution in [2.75, 3.05) is 6.54 Å². The molecule has 5 aliphatic heterocycles. The largest absolute Gasteiger partial charge is 0.465 e. The van der Waals surface area contributed by atoms with Crippen LogP contribution in [-0.2, 0) is 11.2 Å². The summed E-state index contributed by atoms with van der Waals surface area (Å²) in [5, 5.41) is 22.5. The zero-order chi connectivity index (χ0) is 37.7. The third kappa shape index (κ3) is 6.61. The van der Waals surface area contributed by atoms with E-state index in [1.807, 2.05) is 42.8 Å². The Morgan fingerprint density at radius 2 is 1.95 bits per heavy atom. The van der Waals surface area contributed by atoms with E-state index in [-0.39, 0.29) is 24.0 Å². The molecule has 1 saturated carbocycles. The maximum atomic E-state index is 12.9. The van der Waals surface area contributed by atoms with Gasteiger partial charge in [-0.15, -0.1) is 0 Å². The fraction of sp³-hybridized carbons (Fsp3) is 0.500. The lowest BCUT2D eigenvalue weighted by Gasteiger charge is -2.40. The number of Topliss-reactive ketones (excluding diaryl/α,β-unsaturated/α-hetero) is 1. The van der Waals surface area contributed by atoms with Gasteiger partial charge < -0.3 is 30.3 Å². The van der Waals surface area contributed by atoms with Crippen LogP contribution >= 0.6 is 0 Å². The normalized spacial score (nSPS) is 27.9. The number of aliphatic imine (C=N–C) groups is 2. The van der Waals surface area contributed by atoms with Crippen molar-refractivity contribution < 1.29 is 24.5 Å². The Hall–Kier alpha value is -4.67. The molecule has 2 aromatic carbocycles. The summed E-state index contributed by atoms with van der Waals surface area (Å²) in [5.41, 5.74) is 14.4. The highest BCUT2D eigenvalue weighted by Gasteiger charge is 2.49. The van der Waals surface area contributed by atoms with Gasteiger partial charge in [0.05, 0.1) is 23.1 Å². The van der Waals surface area contributed by atoms with Crippen molar-refractivity contribution in [3.8, 4) is 35.4 Å². The molecule has 55 heavy (non-hydrogen) atoms. The molecule has 0 saturated heterocycles. The van der Waals surface area contributed by atoms with E-state index in [1.165, 1.54) is 16.7 Å². The number of aliphatic hydroxyl groups is 2. The van der Waals surface area contributed by atoms with Gasteiger partial charge in [-0.1, -0.05) is 75.0 Å². The minimum Gasteiger partial charge on any atom is -0.465 e. The summed E-state index contributed by atoms with van der Waals surface area (Å²) in [7, 11) is 0. The number of unbranched alkanes of at least 4 members (excludes halogenated alkanes) is 2. The Balaban J connectivity index is 1.10. The molecule has 9 rings (SSSR count). The van der Waals surface area contributed by atoms with Crippen molar-refractivity contribution in [1.29, 1.82) is 0 Å². The maximum absolute atomic E-state index is 12.9. The average Bonchev–Trinajstić information content (AvgIpc) is 3.93. The molecule has 2 aromatic rings. The molecule has 2 aliphatic carbocycles. The van der Waals surface area contributed by atoms with Crippen molar-refractivity contribution in [3.63, 3.8) is 0 Å². The van der Waals surface area contributed by atoms with E-state index in [0.717, 1.165) is 85.7 Å². The number of aliphatic hydroxyl groups excluding tert-OH is 2. The number of hydrogen-bond acceptors (Lipinski definition) is 9. The minimum atomic E-state index is -1.03. The highest BCUT2D eigenvalue weighted by atomic mass is 16.5. The zero-order valence-corrected chi connectivity index (χ0v) is 31.6. The molecule has 2 bridgehead atoms. The first kappa shape index (κ1) is 36.0. The van der Waals surface area contributed by atoms with E-state index in [0.29, 0.717) is 37.3 Å². The Kier molecular flexibility index (Phi) is 9.67. The fourth-order valence-electron chi connectivity index (χ4n) is 10.1. The molecule has 5 heterocycles. The minimum absolute atomic E-state index is 0.0431. The van der Waals surface area contributed by atoms with Gasteiger partial charge in [0.25, 0.3) is 0 Å². The predicted octanol–water partition coefficient (Wildman–Crippen LogP) is 7.05. The Bertz CT molecular complexity index is 2140. The van der Waals surface area contributed by atoms with Crippen LogP contribution in [0, 0.1) is 35.2 Å². The van der Waals surface area contributed by atoms with Crippen LogP contribution in [0.4, 0.5) is 0 Å². The first-order valence-electron chi connectivity index (χ1n) is 20.4. The molecule has 0 radical (unpaired) electrons. The van der Waals surface area contributed by atoms with Gasteiger partial charge in [0.15, 0.2) is 17.7 Å². The number of fused-ring (bicyclic) bond motifs is 6. The molecule has 4 N–H and O–H groups in total. The first-order valence-corrected chi connectivity index (χ1v) is 20.4. The van der Waals surface area contributed by atoms with Crippen LogP contribution in [0.25, 0.3) is 0 Å². The van der Waals surface area contributed by atoms with Crippen molar-refractivity contribution in [3.05, 3.63) is 81.2 Å². The second-order valence-corrected chi connectivity index (χ2v) is 16.5. The molecule has 9 nitrogen and oxygen atoms in total. The third-order valence-corrected chi connectivity index (χ3v) is 13.0. The van der Waals surface area contributed by atoms with E-state index in [9.17, 15) is 15.0 Å². The molecular formula is C46H50N4O5. The van der Waals surface area contributed by atoms with Crippen LogP contribution < -0.4 is 15.2 Å². The highest BCUT2D eigenvalue weighted by molar-refractivity contribution is 5.90. The van der Waals surface area contributed by atoms with Gasteiger partial charge in [0.1, 0.15) is 24.2 Å². The van der Waals surface area contributed by atoms with Crippen molar-refractivity contribution >= 4 is 18.2 Å². The lowest BCUT2D eigenvalue weighted by atomic mass is 9.68. The molecule has 0 amide bonds. The van der Waals surface area contributed by atoms with Crippen LogP contribution in [0.15, 0.2) is 63.4 Å². The number of carbonyl (C=O) groups excluding carboxylic acids is 1. The van der Waals surface area contributed by atoms with Gasteiger partial charge in [0, 0.05) is 55.4 Å². The van der Waals surface area contributed by atoms with Gasteiger partial charge in [-0.2, -0.15) is 0 Å². The zero-order valence-electron chi connectivity index (χ0n) is 31.6. The standard InChI is InChI=1S/C46H50N4O5/c1-2-3-4-7-30(51)23-31(52)11-8-28-9-17-40-41(22-28)55-45-37(46(20-21-54-40)18-5-6-19-46)15-16-39(53)33-13-14-34-42-29(24-49-44(34)47)10-12-32(43(33)42)35-25-48-38-27-50(45)26-36(35)38/h9,13-14,17,22,24-25,27,29-30,32,37,39,44-45,51,53H,2-8,10-12,18-19,23,26,47H2,1H3. The lowest BCUT2D eigenvalue weighted by Crippen LogP contribution is -2.47. The van der Waals surface area contributed by atoms with Crippen molar-refractivity contribution in [1.82, 2.24) is 4.90 Å². The molecule has 284 valence electrons. The topological polar surface area (TPSA) is 130 Å². The van der Waals surface area contributed by atoms with Crippen molar-refractivity contribution in [2.24, 2.45) is 27.1 Å². The SMILES string of the molecule is CCCCCC(O)CC(=O)CCc1ccc2c(c1)OC1C(C#CC(O)c3ccc4c5c3C(CCC5C=NC4N)C3=C4CN1C=C4N=C3)C1(C#CO2)CCCC1. The van der Waals surface area contributed by atoms with Crippen LogP contribution in [0.1, 0.15) is 136 Å². The van der Waals surface area contributed by atoms with Gasteiger partial charge >= 0.3 is 0 Å². The molecule has 9 heteroatoms. The number of nitrogens with zero attached hydrogens (tertiary/aromatic N) is 3. The lowest BCUT2D eigenvalue weighted by molar-refractivity contribution is -0.121. The molecule has 0 aromatic heterocycles. The van der Waals surface area contributed by atoms with E-state index < -0.39 is 35.9 Å². The summed E-state index contributed by atoms with van der Waals surface area (Å²) in [6.07, 6.45) is 16.9. The Morgan fingerprint density at radius 3 is 2.80 bits per heavy atom. The second kappa shape index (κ2) is 14.8. The Labute approximate surface area is 323 Å². The molecule has 7 aliphatic rings. The summed E-state index contributed by atoms with van der Waals surface area (Å²) < 4.78 is 13.3. The van der Waals surface area contributed by atoms with Crippen LogP contribution in [0.5, 0.6) is 11.5 Å². The first-order chi connectivity index (χ1) is 26.8. The monoisotopic (exact) mass is 738 g/mol.